The lowest BCUT2D eigenvalue weighted by Gasteiger charge is -2.10. The van der Waals surface area contributed by atoms with Crippen molar-refractivity contribution < 1.29 is 0 Å². The molecule has 0 fully saturated rings. The molecule has 4 heteroatoms. The number of hydrogen-bond donors (Lipinski definition) is 2. The highest BCUT2D eigenvalue weighted by Gasteiger charge is 1.96. The summed E-state index contributed by atoms with van der Waals surface area (Å²) in [6, 6.07) is 5.88. The second-order valence-electron chi connectivity index (χ2n) is 3.17. The van der Waals surface area contributed by atoms with E-state index in [0.717, 1.165) is 24.6 Å². The number of nitrogens with zero attached hydrogens (tertiary/aromatic N) is 2. The third kappa shape index (κ3) is 4.44. The average molecular weight is 206 g/mol. The predicted molar refractivity (Wildman–Crippen MR) is 62.7 cm³/mol. The van der Waals surface area contributed by atoms with Crippen molar-refractivity contribution in [3.05, 3.63) is 30.1 Å². The summed E-state index contributed by atoms with van der Waals surface area (Å²) in [5.41, 5.74) is 1.01. The van der Waals surface area contributed by atoms with E-state index in [-0.39, 0.29) is 0 Å². The van der Waals surface area contributed by atoms with Crippen LogP contribution in [0.25, 0.3) is 0 Å². The highest BCUT2D eigenvalue weighted by Crippen LogP contribution is 1.91. The summed E-state index contributed by atoms with van der Waals surface area (Å²) in [5.74, 6) is 0.822. The summed E-state index contributed by atoms with van der Waals surface area (Å²) in [7, 11) is 1.77. The van der Waals surface area contributed by atoms with Crippen molar-refractivity contribution in [1.29, 1.82) is 0 Å². The van der Waals surface area contributed by atoms with Crippen molar-refractivity contribution in [3.63, 3.8) is 0 Å². The molecule has 0 bridgehead atoms. The number of guanidine groups is 1. The van der Waals surface area contributed by atoms with Crippen LogP contribution in [-0.4, -0.2) is 24.5 Å². The Balaban J connectivity index is 2.35. The third-order valence-corrected chi connectivity index (χ3v) is 1.93. The summed E-state index contributed by atoms with van der Waals surface area (Å²) in [6.07, 6.45) is 2.88. The van der Waals surface area contributed by atoms with E-state index in [1.807, 2.05) is 18.2 Å². The fraction of sp³-hybridized carbons (Fsp3) is 0.455. The van der Waals surface area contributed by atoms with E-state index in [0.29, 0.717) is 6.54 Å². The number of nitrogens with one attached hydrogen (secondary N) is 2. The molecular weight excluding hydrogens is 188 g/mol. The number of aromatic nitrogens is 1. The fourth-order valence-electron chi connectivity index (χ4n) is 1.14. The van der Waals surface area contributed by atoms with Crippen LogP contribution in [0.3, 0.4) is 0 Å². The van der Waals surface area contributed by atoms with E-state index in [1.165, 1.54) is 0 Å². The zero-order valence-corrected chi connectivity index (χ0v) is 9.33. The van der Waals surface area contributed by atoms with Crippen LogP contribution in [0.1, 0.15) is 19.0 Å². The van der Waals surface area contributed by atoms with Crippen LogP contribution in [0.2, 0.25) is 0 Å². The molecule has 0 aliphatic carbocycles. The molecule has 15 heavy (non-hydrogen) atoms. The van der Waals surface area contributed by atoms with Gasteiger partial charge in [0.1, 0.15) is 0 Å². The lowest BCUT2D eigenvalue weighted by Crippen LogP contribution is -2.37. The molecule has 1 heterocycles. The van der Waals surface area contributed by atoms with E-state index in [9.17, 15) is 0 Å². The summed E-state index contributed by atoms with van der Waals surface area (Å²) >= 11 is 0. The molecule has 0 spiro atoms. The molecule has 0 atom stereocenters. The topological polar surface area (TPSA) is 49.3 Å². The Kier molecular flexibility index (Phi) is 5.22. The summed E-state index contributed by atoms with van der Waals surface area (Å²) < 4.78 is 0. The molecule has 0 aliphatic heterocycles. The standard InChI is InChI=1S/C11H18N4/c1-3-7-14-11(12-2)15-9-10-6-4-5-8-13-10/h4-6,8H,3,7,9H2,1-2H3,(H2,12,14,15). The Labute approximate surface area is 90.8 Å². The Bertz CT molecular complexity index is 295. The van der Waals surface area contributed by atoms with Gasteiger partial charge in [0.05, 0.1) is 12.2 Å². The van der Waals surface area contributed by atoms with Crippen molar-refractivity contribution in [2.75, 3.05) is 13.6 Å². The van der Waals surface area contributed by atoms with Gasteiger partial charge < -0.3 is 10.6 Å². The van der Waals surface area contributed by atoms with Gasteiger partial charge >= 0.3 is 0 Å². The van der Waals surface area contributed by atoms with Crippen molar-refractivity contribution in [2.45, 2.75) is 19.9 Å². The molecule has 2 N–H and O–H groups in total. The Hall–Kier alpha value is -1.58. The van der Waals surface area contributed by atoms with Crippen LogP contribution in [-0.2, 0) is 6.54 Å². The Morgan fingerprint density at radius 2 is 2.27 bits per heavy atom. The first-order chi connectivity index (χ1) is 7.36. The van der Waals surface area contributed by atoms with Gasteiger partial charge in [0.25, 0.3) is 0 Å². The molecule has 0 amide bonds. The summed E-state index contributed by atoms with van der Waals surface area (Å²) in [5, 5.41) is 6.40. The van der Waals surface area contributed by atoms with Crippen molar-refractivity contribution in [2.24, 2.45) is 4.99 Å². The highest BCUT2D eigenvalue weighted by atomic mass is 15.2. The van der Waals surface area contributed by atoms with Gasteiger partial charge in [-0.1, -0.05) is 13.0 Å². The van der Waals surface area contributed by atoms with E-state index < -0.39 is 0 Å². The minimum absolute atomic E-state index is 0.699. The molecule has 0 radical (unpaired) electrons. The van der Waals surface area contributed by atoms with Gasteiger partial charge in [-0.2, -0.15) is 0 Å². The van der Waals surface area contributed by atoms with Gasteiger partial charge in [-0.25, -0.2) is 0 Å². The first kappa shape index (κ1) is 11.5. The second-order valence-corrected chi connectivity index (χ2v) is 3.17. The maximum Gasteiger partial charge on any atom is 0.191 e. The molecule has 1 aromatic rings. The van der Waals surface area contributed by atoms with Crippen LogP contribution < -0.4 is 10.6 Å². The van der Waals surface area contributed by atoms with E-state index in [1.54, 1.807) is 13.2 Å². The van der Waals surface area contributed by atoms with Gasteiger partial charge in [0, 0.05) is 19.8 Å². The summed E-state index contributed by atoms with van der Waals surface area (Å²) in [6.45, 7) is 3.76. The lowest BCUT2D eigenvalue weighted by molar-refractivity contribution is 0.772. The Morgan fingerprint density at radius 1 is 1.40 bits per heavy atom. The van der Waals surface area contributed by atoms with Crippen molar-refractivity contribution in [1.82, 2.24) is 15.6 Å². The zero-order chi connectivity index (χ0) is 10.9. The van der Waals surface area contributed by atoms with Crippen molar-refractivity contribution in [3.8, 4) is 0 Å². The van der Waals surface area contributed by atoms with Crippen LogP contribution in [0.4, 0.5) is 0 Å². The molecule has 4 nitrogen and oxygen atoms in total. The zero-order valence-electron chi connectivity index (χ0n) is 9.33. The molecule has 0 unspecified atom stereocenters. The van der Waals surface area contributed by atoms with E-state index in [2.05, 4.69) is 27.5 Å². The number of rotatable bonds is 4. The van der Waals surface area contributed by atoms with Gasteiger partial charge in [-0.15, -0.1) is 0 Å². The third-order valence-electron chi connectivity index (χ3n) is 1.93. The first-order valence-corrected chi connectivity index (χ1v) is 5.21. The lowest BCUT2D eigenvalue weighted by atomic mass is 10.3. The predicted octanol–water partition coefficient (Wildman–Crippen LogP) is 1.16. The molecule has 1 aromatic heterocycles. The SMILES string of the molecule is CCCNC(=NC)NCc1ccccn1. The first-order valence-electron chi connectivity index (χ1n) is 5.21. The number of aliphatic imine (C=N–C) groups is 1. The average Bonchev–Trinajstić information content (AvgIpc) is 2.31. The van der Waals surface area contributed by atoms with E-state index in [4.69, 9.17) is 0 Å². The van der Waals surface area contributed by atoms with Crippen molar-refractivity contribution >= 4 is 5.96 Å². The van der Waals surface area contributed by atoms with Crippen LogP contribution >= 0.6 is 0 Å². The van der Waals surface area contributed by atoms with Crippen LogP contribution in [0, 0.1) is 0 Å². The fourth-order valence-corrected chi connectivity index (χ4v) is 1.14. The molecule has 82 valence electrons. The Morgan fingerprint density at radius 3 is 2.87 bits per heavy atom. The number of pyridine rings is 1. The van der Waals surface area contributed by atoms with E-state index >= 15 is 0 Å². The van der Waals surface area contributed by atoms with Gasteiger partial charge in [-0.3, -0.25) is 9.98 Å². The smallest absolute Gasteiger partial charge is 0.191 e. The molecule has 1 rings (SSSR count). The summed E-state index contributed by atoms with van der Waals surface area (Å²) in [4.78, 5) is 8.33. The minimum atomic E-state index is 0.699. The molecule has 0 aromatic carbocycles. The minimum Gasteiger partial charge on any atom is -0.356 e. The second kappa shape index (κ2) is 6.81. The number of hydrogen-bond acceptors (Lipinski definition) is 2. The molecule has 0 saturated heterocycles. The van der Waals surface area contributed by atoms with Gasteiger partial charge in [0.15, 0.2) is 5.96 Å². The van der Waals surface area contributed by atoms with Gasteiger partial charge in [0.2, 0.25) is 0 Å². The quantitative estimate of drug-likeness (QED) is 0.574. The largest absolute Gasteiger partial charge is 0.356 e. The normalized spacial score (nSPS) is 11.2. The van der Waals surface area contributed by atoms with Gasteiger partial charge in [-0.05, 0) is 18.6 Å². The highest BCUT2D eigenvalue weighted by molar-refractivity contribution is 5.79. The maximum atomic E-state index is 4.22. The van der Waals surface area contributed by atoms with Crippen LogP contribution in [0.5, 0.6) is 0 Å². The maximum absolute atomic E-state index is 4.22. The van der Waals surface area contributed by atoms with Crippen LogP contribution in [0.15, 0.2) is 29.4 Å². The molecule has 0 aliphatic rings. The molecular formula is C11H18N4. The molecule has 0 saturated carbocycles. The monoisotopic (exact) mass is 206 g/mol.